The van der Waals surface area contributed by atoms with Crippen molar-refractivity contribution in [3.05, 3.63) is 11.8 Å². The molecule has 0 heterocycles. The maximum Gasteiger partial charge on any atom is 0.310 e. The van der Waals surface area contributed by atoms with Crippen LogP contribution in [-0.2, 0) is 9.53 Å². The van der Waals surface area contributed by atoms with E-state index in [0.717, 1.165) is 12.8 Å². The Kier molecular flexibility index (Phi) is 3.85. The van der Waals surface area contributed by atoms with E-state index in [-0.39, 0.29) is 5.97 Å². The van der Waals surface area contributed by atoms with Crippen molar-refractivity contribution in [1.82, 2.24) is 0 Å². The molecule has 1 rings (SSSR count). The number of esters is 1. The van der Waals surface area contributed by atoms with E-state index < -0.39 is 0 Å². The van der Waals surface area contributed by atoms with Gasteiger partial charge in [0.25, 0.3) is 0 Å². The molecule has 0 amide bonds. The smallest absolute Gasteiger partial charge is 0.310 e. The standard InChI is InChI=1S/C10H16O2/c1-2-10(11)12-8-9-6-4-3-5-7-9/h8H,2-7H2,1H3. The van der Waals surface area contributed by atoms with Crippen molar-refractivity contribution in [2.24, 2.45) is 0 Å². The van der Waals surface area contributed by atoms with Gasteiger partial charge in [-0.2, -0.15) is 0 Å². The third kappa shape index (κ3) is 3.07. The summed E-state index contributed by atoms with van der Waals surface area (Å²) in [7, 11) is 0. The largest absolute Gasteiger partial charge is 0.435 e. The number of carbonyl (C=O) groups is 1. The Bertz CT molecular complexity index is 174. The molecule has 1 fully saturated rings. The lowest BCUT2D eigenvalue weighted by atomic mass is 9.96. The highest BCUT2D eigenvalue weighted by Gasteiger charge is 2.05. The van der Waals surface area contributed by atoms with Gasteiger partial charge >= 0.3 is 5.97 Å². The van der Waals surface area contributed by atoms with E-state index in [1.165, 1.54) is 24.8 Å². The Morgan fingerprint density at radius 2 is 2.08 bits per heavy atom. The van der Waals surface area contributed by atoms with E-state index in [2.05, 4.69) is 0 Å². The minimum absolute atomic E-state index is 0.131. The summed E-state index contributed by atoms with van der Waals surface area (Å²) in [6, 6.07) is 0. The minimum Gasteiger partial charge on any atom is -0.435 e. The Morgan fingerprint density at radius 3 is 2.67 bits per heavy atom. The molecule has 0 saturated heterocycles. The number of rotatable bonds is 2. The predicted molar refractivity (Wildman–Crippen MR) is 47.6 cm³/mol. The molecule has 12 heavy (non-hydrogen) atoms. The van der Waals surface area contributed by atoms with E-state index in [4.69, 9.17) is 4.74 Å². The van der Waals surface area contributed by atoms with Crippen LogP contribution in [0, 0.1) is 0 Å². The van der Waals surface area contributed by atoms with Gasteiger partial charge in [-0.1, -0.05) is 13.3 Å². The second kappa shape index (κ2) is 4.96. The van der Waals surface area contributed by atoms with Crippen molar-refractivity contribution >= 4 is 5.97 Å². The molecule has 1 aliphatic carbocycles. The third-order valence-electron chi connectivity index (χ3n) is 2.14. The number of hydrogen-bond acceptors (Lipinski definition) is 2. The highest BCUT2D eigenvalue weighted by Crippen LogP contribution is 2.22. The molecule has 2 nitrogen and oxygen atoms in total. The summed E-state index contributed by atoms with van der Waals surface area (Å²) >= 11 is 0. The van der Waals surface area contributed by atoms with Crippen LogP contribution < -0.4 is 0 Å². The lowest BCUT2D eigenvalue weighted by Gasteiger charge is -2.12. The van der Waals surface area contributed by atoms with Crippen LogP contribution in [0.15, 0.2) is 11.8 Å². The molecule has 2 heteroatoms. The third-order valence-corrected chi connectivity index (χ3v) is 2.14. The molecular weight excluding hydrogens is 152 g/mol. The summed E-state index contributed by atoms with van der Waals surface area (Å²) < 4.78 is 4.93. The van der Waals surface area contributed by atoms with Gasteiger partial charge in [0.15, 0.2) is 0 Å². The lowest BCUT2D eigenvalue weighted by molar-refractivity contribution is -0.137. The van der Waals surface area contributed by atoms with Crippen LogP contribution in [0.2, 0.25) is 0 Å². The average Bonchev–Trinajstić information content (AvgIpc) is 2.16. The maximum atomic E-state index is 10.8. The van der Waals surface area contributed by atoms with Crippen molar-refractivity contribution in [3.63, 3.8) is 0 Å². The van der Waals surface area contributed by atoms with Crippen LogP contribution in [0.4, 0.5) is 0 Å². The van der Waals surface area contributed by atoms with Crippen molar-refractivity contribution < 1.29 is 9.53 Å². The number of carbonyl (C=O) groups excluding carboxylic acids is 1. The molecule has 0 N–H and O–H groups in total. The minimum atomic E-state index is -0.131. The zero-order valence-electron chi connectivity index (χ0n) is 7.64. The molecule has 0 aromatic heterocycles. The summed E-state index contributed by atoms with van der Waals surface area (Å²) in [6.07, 6.45) is 8.15. The average molecular weight is 168 g/mol. The Hall–Kier alpha value is -0.790. The van der Waals surface area contributed by atoms with Gasteiger partial charge in [0.05, 0.1) is 6.26 Å². The van der Waals surface area contributed by atoms with Crippen LogP contribution in [-0.4, -0.2) is 5.97 Å². The van der Waals surface area contributed by atoms with Crippen LogP contribution >= 0.6 is 0 Å². The second-order valence-corrected chi connectivity index (χ2v) is 3.18. The Labute approximate surface area is 73.6 Å². The van der Waals surface area contributed by atoms with Crippen molar-refractivity contribution in [1.29, 1.82) is 0 Å². The van der Waals surface area contributed by atoms with Crippen molar-refractivity contribution in [2.45, 2.75) is 45.4 Å². The first-order chi connectivity index (χ1) is 5.83. The summed E-state index contributed by atoms with van der Waals surface area (Å²) in [5.74, 6) is -0.131. The van der Waals surface area contributed by atoms with Gasteiger partial charge in [0.1, 0.15) is 0 Å². The summed E-state index contributed by atoms with van der Waals surface area (Å²) in [4.78, 5) is 10.8. The number of allylic oxidation sites excluding steroid dienone is 1. The topological polar surface area (TPSA) is 26.3 Å². The first kappa shape index (κ1) is 9.30. The molecule has 1 saturated carbocycles. The monoisotopic (exact) mass is 168 g/mol. The number of hydrogen-bond donors (Lipinski definition) is 0. The van der Waals surface area contributed by atoms with E-state index in [9.17, 15) is 4.79 Å². The highest BCUT2D eigenvalue weighted by atomic mass is 16.5. The van der Waals surface area contributed by atoms with Gasteiger partial charge in [-0.15, -0.1) is 0 Å². The molecule has 1 aliphatic rings. The van der Waals surface area contributed by atoms with Crippen LogP contribution in [0.3, 0.4) is 0 Å². The van der Waals surface area contributed by atoms with E-state index >= 15 is 0 Å². The fourth-order valence-electron chi connectivity index (χ4n) is 1.36. The molecule has 0 aromatic carbocycles. The van der Waals surface area contributed by atoms with Crippen LogP contribution in [0.25, 0.3) is 0 Å². The molecule has 0 spiro atoms. The zero-order valence-corrected chi connectivity index (χ0v) is 7.64. The predicted octanol–water partition coefficient (Wildman–Crippen LogP) is 2.79. The zero-order chi connectivity index (χ0) is 8.81. The normalized spacial score (nSPS) is 17.2. The fourth-order valence-corrected chi connectivity index (χ4v) is 1.36. The Morgan fingerprint density at radius 1 is 1.42 bits per heavy atom. The van der Waals surface area contributed by atoms with Crippen LogP contribution in [0.5, 0.6) is 0 Å². The van der Waals surface area contributed by atoms with Gasteiger partial charge < -0.3 is 4.74 Å². The highest BCUT2D eigenvalue weighted by molar-refractivity contribution is 5.69. The molecule has 68 valence electrons. The SMILES string of the molecule is CCC(=O)OC=C1CCCCC1. The molecule has 0 atom stereocenters. The van der Waals surface area contributed by atoms with Crippen LogP contribution in [0.1, 0.15) is 45.4 Å². The summed E-state index contributed by atoms with van der Waals surface area (Å²) in [6.45, 7) is 1.81. The summed E-state index contributed by atoms with van der Waals surface area (Å²) in [5, 5.41) is 0. The van der Waals surface area contributed by atoms with Gasteiger partial charge in [-0.3, -0.25) is 4.79 Å². The molecule has 0 aliphatic heterocycles. The quantitative estimate of drug-likeness (QED) is 0.468. The summed E-state index contributed by atoms with van der Waals surface area (Å²) in [5.41, 5.74) is 1.29. The molecule has 0 bridgehead atoms. The maximum absolute atomic E-state index is 10.8. The van der Waals surface area contributed by atoms with Crippen molar-refractivity contribution in [2.75, 3.05) is 0 Å². The van der Waals surface area contributed by atoms with Crippen molar-refractivity contribution in [3.8, 4) is 0 Å². The van der Waals surface area contributed by atoms with E-state index in [0.29, 0.717) is 6.42 Å². The fraction of sp³-hybridized carbons (Fsp3) is 0.700. The lowest BCUT2D eigenvalue weighted by Crippen LogP contribution is -1.99. The van der Waals surface area contributed by atoms with Gasteiger partial charge in [-0.25, -0.2) is 0 Å². The van der Waals surface area contributed by atoms with E-state index in [1.807, 2.05) is 6.92 Å². The number of ether oxygens (including phenoxy) is 1. The first-order valence-corrected chi connectivity index (χ1v) is 4.70. The molecular formula is C10H16O2. The van der Waals surface area contributed by atoms with Gasteiger partial charge in [0.2, 0.25) is 0 Å². The Balaban J connectivity index is 2.29. The van der Waals surface area contributed by atoms with Gasteiger partial charge in [0, 0.05) is 6.42 Å². The molecule has 0 unspecified atom stereocenters. The van der Waals surface area contributed by atoms with E-state index in [1.54, 1.807) is 6.26 Å². The van der Waals surface area contributed by atoms with Gasteiger partial charge in [-0.05, 0) is 31.3 Å². The second-order valence-electron chi connectivity index (χ2n) is 3.18. The molecule has 0 aromatic rings. The molecule has 0 radical (unpaired) electrons. The first-order valence-electron chi connectivity index (χ1n) is 4.70.